The maximum Gasteiger partial charge on any atom is 0.0695 e. The zero-order valence-corrected chi connectivity index (χ0v) is 9.01. The lowest BCUT2D eigenvalue weighted by atomic mass is 9.84. The average molecular weight is 167 g/mol. The van der Waals surface area contributed by atoms with Gasteiger partial charge in [0.1, 0.15) is 0 Å². The lowest BCUT2D eigenvalue weighted by Crippen LogP contribution is -2.27. The van der Waals surface area contributed by atoms with Gasteiger partial charge in [-0.2, -0.15) is 0 Å². The lowest BCUT2D eigenvalue weighted by Gasteiger charge is -2.24. The van der Waals surface area contributed by atoms with Crippen molar-refractivity contribution in [2.24, 2.45) is 0 Å². The molecule has 0 heterocycles. The van der Waals surface area contributed by atoms with Gasteiger partial charge in [-0.1, -0.05) is 32.5 Å². The Kier molecular flexibility index (Phi) is 6.54. The van der Waals surface area contributed by atoms with E-state index in [9.17, 15) is 0 Å². The van der Waals surface area contributed by atoms with Crippen LogP contribution >= 0.6 is 0 Å². The van der Waals surface area contributed by atoms with Gasteiger partial charge in [-0.05, 0) is 26.9 Å². The minimum atomic E-state index is 0.351. The highest BCUT2D eigenvalue weighted by Gasteiger charge is 2.09. The summed E-state index contributed by atoms with van der Waals surface area (Å²) in [5.74, 6) is 0.351. The first-order chi connectivity index (χ1) is 5.57. The third-order valence-corrected chi connectivity index (χ3v) is 2.31. The van der Waals surface area contributed by atoms with Gasteiger partial charge in [-0.25, -0.2) is 0 Å². The number of hydrogen-bond donors (Lipinski definition) is 0. The van der Waals surface area contributed by atoms with Crippen LogP contribution in [0.25, 0.3) is 0 Å². The fourth-order valence-corrected chi connectivity index (χ4v) is 1.45. The second-order valence-electron chi connectivity index (χ2n) is 3.96. The van der Waals surface area contributed by atoms with Crippen LogP contribution in [0, 0.1) is 0 Å². The summed E-state index contributed by atoms with van der Waals surface area (Å²) in [6.45, 7) is 4.32. The quantitative estimate of drug-likeness (QED) is 0.549. The standard InChI is InChI=1S/C10H22BN/c1-5-6-10(12(3)4)8-7-9(2)11/h9-10H,5-8H2,1-4H3. The van der Waals surface area contributed by atoms with Crippen molar-refractivity contribution < 1.29 is 0 Å². The highest BCUT2D eigenvalue weighted by atomic mass is 15.1. The van der Waals surface area contributed by atoms with E-state index in [2.05, 4.69) is 32.8 Å². The molecule has 2 atom stereocenters. The monoisotopic (exact) mass is 167 g/mol. The molecule has 0 aliphatic rings. The van der Waals surface area contributed by atoms with Crippen LogP contribution in [0.2, 0.25) is 5.82 Å². The largest absolute Gasteiger partial charge is 0.306 e. The van der Waals surface area contributed by atoms with E-state index in [0.717, 1.165) is 12.5 Å². The van der Waals surface area contributed by atoms with Gasteiger partial charge in [0.25, 0.3) is 0 Å². The first kappa shape index (κ1) is 12.0. The van der Waals surface area contributed by atoms with Crippen molar-refractivity contribution in [2.75, 3.05) is 14.1 Å². The summed E-state index contributed by atoms with van der Waals surface area (Å²) in [6, 6.07) is 0.723. The van der Waals surface area contributed by atoms with E-state index in [1.807, 2.05) is 0 Å². The van der Waals surface area contributed by atoms with Crippen LogP contribution in [-0.2, 0) is 0 Å². The Bertz CT molecular complexity index is 102. The van der Waals surface area contributed by atoms with E-state index < -0.39 is 0 Å². The molecule has 0 amide bonds. The minimum Gasteiger partial charge on any atom is -0.306 e. The van der Waals surface area contributed by atoms with Crippen molar-refractivity contribution in [3.05, 3.63) is 0 Å². The zero-order valence-electron chi connectivity index (χ0n) is 9.01. The highest BCUT2D eigenvalue weighted by molar-refractivity contribution is 6.11. The molecule has 0 aliphatic carbocycles. The summed E-state index contributed by atoms with van der Waals surface area (Å²) < 4.78 is 0. The first-order valence-corrected chi connectivity index (χ1v) is 5.00. The molecule has 1 nitrogen and oxygen atoms in total. The van der Waals surface area contributed by atoms with Gasteiger partial charge in [0.05, 0.1) is 7.85 Å². The molecule has 0 N–H and O–H groups in total. The smallest absolute Gasteiger partial charge is 0.0695 e. The summed E-state index contributed by atoms with van der Waals surface area (Å²) in [6.07, 6.45) is 4.93. The molecule has 0 fully saturated rings. The van der Waals surface area contributed by atoms with Crippen LogP contribution in [-0.4, -0.2) is 32.9 Å². The molecule has 0 aliphatic heterocycles. The predicted octanol–water partition coefficient (Wildman–Crippen LogP) is 2.47. The van der Waals surface area contributed by atoms with Crippen LogP contribution in [0.3, 0.4) is 0 Å². The van der Waals surface area contributed by atoms with E-state index >= 15 is 0 Å². The van der Waals surface area contributed by atoms with Gasteiger partial charge in [-0.15, -0.1) is 0 Å². The molecule has 0 aromatic rings. The van der Waals surface area contributed by atoms with E-state index in [0.29, 0.717) is 5.82 Å². The minimum absolute atomic E-state index is 0.351. The number of hydrogen-bond acceptors (Lipinski definition) is 1. The van der Waals surface area contributed by atoms with Crippen molar-refractivity contribution in [1.29, 1.82) is 0 Å². The van der Waals surface area contributed by atoms with Crippen molar-refractivity contribution >= 4 is 7.85 Å². The summed E-state index contributed by atoms with van der Waals surface area (Å²) in [7, 11) is 10.0. The Morgan fingerprint density at radius 3 is 2.08 bits per heavy atom. The molecule has 12 heavy (non-hydrogen) atoms. The SMILES string of the molecule is [B]C(C)CCC(CCC)N(C)C. The van der Waals surface area contributed by atoms with Crippen LogP contribution in [0.4, 0.5) is 0 Å². The second kappa shape index (κ2) is 6.53. The van der Waals surface area contributed by atoms with Gasteiger partial charge in [0.15, 0.2) is 0 Å². The maximum absolute atomic E-state index is 5.72. The van der Waals surface area contributed by atoms with Crippen molar-refractivity contribution in [3.8, 4) is 0 Å². The average Bonchev–Trinajstić information content (AvgIpc) is 1.96. The van der Waals surface area contributed by atoms with Crippen LogP contribution < -0.4 is 0 Å². The van der Waals surface area contributed by atoms with Crippen LogP contribution in [0.1, 0.15) is 39.5 Å². The second-order valence-corrected chi connectivity index (χ2v) is 3.96. The van der Waals surface area contributed by atoms with Crippen LogP contribution in [0.15, 0.2) is 0 Å². The van der Waals surface area contributed by atoms with Gasteiger partial charge < -0.3 is 4.90 Å². The molecule has 0 aromatic heterocycles. The van der Waals surface area contributed by atoms with Gasteiger partial charge >= 0.3 is 0 Å². The molecule has 0 aromatic carbocycles. The number of rotatable bonds is 6. The number of nitrogens with zero attached hydrogens (tertiary/aromatic N) is 1. The zero-order chi connectivity index (χ0) is 9.56. The predicted molar refractivity (Wildman–Crippen MR) is 56.8 cm³/mol. The summed E-state index contributed by atoms with van der Waals surface area (Å²) in [5, 5.41) is 0. The summed E-state index contributed by atoms with van der Waals surface area (Å²) in [4.78, 5) is 2.31. The molecular formula is C10H22BN. The summed E-state index contributed by atoms with van der Waals surface area (Å²) >= 11 is 0. The Hall–Kier alpha value is 0.0249. The highest BCUT2D eigenvalue weighted by Crippen LogP contribution is 2.15. The van der Waals surface area contributed by atoms with Crippen molar-refractivity contribution in [1.82, 2.24) is 4.90 Å². The molecule has 2 heteroatoms. The van der Waals surface area contributed by atoms with Crippen molar-refractivity contribution in [3.63, 3.8) is 0 Å². The molecule has 2 radical (unpaired) electrons. The normalized spacial score (nSPS) is 16.4. The van der Waals surface area contributed by atoms with Gasteiger partial charge in [-0.3, -0.25) is 0 Å². The first-order valence-electron chi connectivity index (χ1n) is 5.00. The molecular weight excluding hydrogens is 145 g/mol. The fourth-order valence-electron chi connectivity index (χ4n) is 1.45. The molecule has 0 bridgehead atoms. The Balaban J connectivity index is 3.63. The van der Waals surface area contributed by atoms with Crippen LogP contribution in [0.5, 0.6) is 0 Å². The molecule has 0 spiro atoms. The van der Waals surface area contributed by atoms with E-state index in [1.165, 1.54) is 19.3 Å². The summed E-state index contributed by atoms with van der Waals surface area (Å²) in [5.41, 5.74) is 0. The van der Waals surface area contributed by atoms with Gasteiger partial charge in [0, 0.05) is 6.04 Å². The Labute approximate surface area is 78.9 Å². The third-order valence-electron chi connectivity index (χ3n) is 2.31. The molecule has 0 saturated carbocycles. The van der Waals surface area contributed by atoms with Gasteiger partial charge in [0.2, 0.25) is 0 Å². The van der Waals surface area contributed by atoms with E-state index in [-0.39, 0.29) is 0 Å². The van der Waals surface area contributed by atoms with E-state index in [1.54, 1.807) is 0 Å². The Morgan fingerprint density at radius 1 is 1.17 bits per heavy atom. The Morgan fingerprint density at radius 2 is 1.75 bits per heavy atom. The molecule has 2 unspecified atom stereocenters. The van der Waals surface area contributed by atoms with Crippen molar-refractivity contribution in [2.45, 2.75) is 51.4 Å². The fraction of sp³-hybridized carbons (Fsp3) is 1.00. The maximum atomic E-state index is 5.72. The lowest BCUT2D eigenvalue weighted by molar-refractivity contribution is 0.257. The molecule has 70 valence electrons. The topological polar surface area (TPSA) is 3.24 Å². The third kappa shape index (κ3) is 5.65. The molecule has 0 rings (SSSR count). The molecule has 0 saturated heterocycles. The van der Waals surface area contributed by atoms with E-state index in [4.69, 9.17) is 7.85 Å².